The first-order valence-electron chi connectivity index (χ1n) is 32.7. The van der Waals surface area contributed by atoms with Crippen LogP contribution in [-0.2, 0) is 71.2 Å². The molecule has 10 aliphatic rings. The molecule has 20 N–H and O–H groups in total. The Labute approximate surface area is 539 Å². The number of hydrogen-bond acceptors (Lipinski definition) is 35. The zero-order valence-electron chi connectivity index (χ0n) is 51.6. The summed E-state index contributed by atoms with van der Waals surface area (Å²) in [7, 11) is 0. The Balaban J connectivity index is 0.682. The summed E-state index contributed by atoms with van der Waals surface area (Å²) in [6.45, 7) is -0.913. The highest BCUT2D eigenvalue weighted by molar-refractivity contribution is 5.73. The van der Waals surface area contributed by atoms with Crippen LogP contribution in [0, 0.1) is 23.7 Å². The Morgan fingerprint density at radius 3 is 1.21 bits per heavy atom. The highest BCUT2D eigenvalue weighted by Gasteiger charge is 2.56. The molecule has 6 heterocycles. The molecule has 0 amide bonds. The molecule has 94 heavy (non-hydrogen) atoms. The van der Waals surface area contributed by atoms with Gasteiger partial charge in [0, 0.05) is 18.8 Å². The molecule has 10 fully saturated rings. The first-order chi connectivity index (χ1) is 44.6. The molecule has 6 saturated heterocycles. The number of hydrogen-bond donors (Lipinski definition) is 20. The third-order valence-corrected chi connectivity index (χ3v) is 20.7. The third-order valence-electron chi connectivity index (χ3n) is 20.7. The largest absolute Gasteiger partial charge is 0.463 e. The lowest BCUT2D eigenvalue weighted by atomic mass is 9.72. The van der Waals surface area contributed by atoms with Gasteiger partial charge < -0.3 is 164 Å². The Hall–Kier alpha value is -2.30. The van der Waals surface area contributed by atoms with Crippen LogP contribution in [0.2, 0.25) is 0 Å². The van der Waals surface area contributed by atoms with Gasteiger partial charge in [-0.3, -0.25) is 9.59 Å². The fourth-order valence-electron chi connectivity index (χ4n) is 14.8. The first kappa shape index (κ1) is 74.4. The van der Waals surface area contributed by atoms with Gasteiger partial charge in [0.1, 0.15) is 135 Å². The van der Waals surface area contributed by atoms with Crippen molar-refractivity contribution in [2.24, 2.45) is 23.7 Å². The number of rotatable bonds is 19. The van der Waals surface area contributed by atoms with Gasteiger partial charge in [0.05, 0.1) is 86.1 Å². The van der Waals surface area contributed by atoms with E-state index in [4.69, 9.17) is 61.6 Å². The summed E-state index contributed by atoms with van der Waals surface area (Å²) in [5, 5.41) is 213. The zero-order chi connectivity index (χ0) is 67.9. The third kappa shape index (κ3) is 16.5. The summed E-state index contributed by atoms with van der Waals surface area (Å²) in [5.41, 5.74) is 0. The van der Waals surface area contributed by atoms with E-state index in [1.165, 1.54) is 6.92 Å². The van der Waals surface area contributed by atoms with Crippen molar-refractivity contribution in [3.63, 3.8) is 0 Å². The zero-order valence-corrected chi connectivity index (χ0v) is 51.6. The van der Waals surface area contributed by atoms with E-state index >= 15 is 0 Å². The molecule has 0 aromatic rings. The molecular weight excluding hydrogens is 1270 g/mol. The normalized spacial score (nSPS) is 52.1. The van der Waals surface area contributed by atoms with Crippen LogP contribution < -0.4 is 0 Å². The number of aliphatic hydroxyl groups is 20. The van der Waals surface area contributed by atoms with Crippen LogP contribution in [0.5, 0.6) is 0 Å². The minimum absolute atomic E-state index is 0.00186. The predicted molar refractivity (Wildman–Crippen MR) is 300 cm³/mol. The van der Waals surface area contributed by atoms with Gasteiger partial charge in [0.15, 0.2) is 31.5 Å². The number of esters is 2. The van der Waals surface area contributed by atoms with E-state index in [0.717, 1.165) is 0 Å². The van der Waals surface area contributed by atoms with Crippen molar-refractivity contribution in [2.45, 2.75) is 305 Å². The minimum atomic E-state index is -1.90. The second kappa shape index (κ2) is 32.1. The molecule has 10 rings (SSSR count). The van der Waals surface area contributed by atoms with Gasteiger partial charge in [-0.2, -0.15) is 0 Å². The Bertz CT molecular complexity index is 2380. The van der Waals surface area contributed by atoms with Crippen molar-refractivity contribution >= 4 is 11.9 Å². The van der Waals surface area contributed by atoms with Crippen LogP contribution in [0.15, 0.2) is 0 Å². The molecule has 0 aromatic carbocycles. The Morgan fingerprint density at radius 2 is 0.755 bits per heavy atom. The number of fused-ring (bicyclic) bond motifs is 1. The van der Waals surface area contributed by atoms with Crippen molar-refractivity contribution < 1.29 is 173 Å². The molecular formula is C59H96O35. The van der Waals surface area contributed by atoms with E-state index < -0.39 is 277 Å². The van der Waals surface area contributed by atoms with Crippen LogP contribution in [-0.4, -0.2) is 355 Å². The van der Waals surface area contributed by atoms with Gasteiger partial charge in [-0.05, 0) is 83.5 Å². The van der Waals surface area contributed by atoms with Gasteiger partial charge in [0.25, 0.3) is 0 Å². The monoisotopic (exact) mass is 1360 g/mol. The smallest absolute Gasteiger partial charge is 0.309 e. The summed E-state index contributed by atoms with van der Waals surface area (Å²) in [5.74, 6) is -4.13. The Kier molecular flexibility index (Phi) is 25.4. The van der Waals surface area contributed by atoms with Crippen molar-refractivity contribution in [1.29, 1.82) is 0 Å². The van der Waals surface area contributed by atoms with Gasteiger partial charge in [-0.25, -0.2) is 0 Å². The number of ether oxygens (including phenoxy) is 13. The fraction of sp³-hybridized carbons (Fsp3) is 0.966. The van der Waals surface area contributed by atoms with Crippen molar-refractivity contribution in [3.8, 4) is 0 Å². The average Bonchev–Trinajstić information content (AvgIpc) is 0.769. The summed E-state index contributed by atoms with van der Waals surface area (Å²) < 4.78 is 76.3. The maximum absolute atomic E-state index is 13.5. The summed E-state index contributed by atoms with van der Waals surface area (Å²) in [6.07, 6.45) is -48.9. The van der Waals surface area contributed by atoms with Crippen LogP contribution in [0.4, 0.5) is 0 Å². The molecule has 35 nitrogen and oxygen atoms in total. The van der Waals surface area contributed by atoms with E-state index in [0.29, 0.717) is 12.8 Å². The number of carbonyl (C=O) groups excluding carboxylic acids is 2. The van der Waals surface area contributed by atoms with Crippen molar-refractivity contribution in [1.82, 2.24) is 0 Å². The topological polar surface area (TPSA) is 559 Å². The molecule has 0 spiro atoms. The van der Waals surface area contributed by atoms with Crippen molar-refractivity contribution in [2.75, 3.05) is 26.4 Å². The molecule has 4 saturated carbocycles. The quantitative estimate of drug-likeness (QED) is 0.0534. The maximum Gasteiger partial charge on any atom is 0.309 e. The standard InChI is InChI=1S/C59H96O35/c1-19-36(64)42(70)47(75)55(85-19)84-18-35-41(69)46(74)51(79)59(94-35)90-31-14-26-27(61)12-25(13-30(26)89-52(31)22-10-28(62)37(65)29(63)11-22)88-58-50(78)45(73)40(68)34(93-58)17-83-54(81)21-4-8-24(9-5-21)87-57-49(77)44(72)39(67)33(92-57)16-82-53(80)20-2-6-23(7-3-20)86-56-48(76)43(71)38(66)32(15-60)91-56/h19-52,55-79H,2-18H2,1H3/t19-,20?,21?,22?,23?,24?,25?,26?,27?,28?,29?,30?,31?,32+,33+,34+,35+,36-,37?,38+,39+,40+,41+,42+,43-,44-,45-,46-,47+,48+,49+,50+,51+,52?,55+,56+,57+,58+,59+/m0/s1. The van der Waals surface area contributed by atoms with E-state index in [1.54, 1.807) is 0 Å². The summed E-state index contributed by atoms with van der Waals surface area (Å²) >= 11 is 0. The molecule has 0 radical (unpaired) electrons. The molecule has 542 valence electrons. The summed E-state index contributed by atoms with van der Waals surface area (Å²) in [6, 6.07) is 0. The van der Waals surface area contributed by atoms with Gasteiger partial charge in [0.2, 0.25) is 0 Å². The van der Waals surface area contributed by atoms with E-state index in [9.17, 15) is 112 Å². The maximum atomic E-state index is 13.5. The molecule has 8 unspecified atom stereocenters. The number of aliphatic hydroxyl groups excluding tert-OH is 20. The lowest BCUT2D eigenvalue weighted by Crippen LogP contribution is -2.63. The van der Waals surface area contributed by atoms with E-state index in [2.05, 4.69) is 0 Å². The Morgan fingerprint density at radius 1 is 0.362 bits per heavy atom. The van der Waals surface area contributed by atoms with Crippen LogP contribution in [0.3, 0.4) is 0 Å². The lowest BCUT2D eigenvalue weighted by Gasteiger charge is -2.52. The van der Waals surface area contributed by atoms with Gasteiger partial charge >= 0.3 is 11.9 Å². The molecule has 35 heteroatoms. The number of carbonyl (C=O) groups is 2. The average molecular weight is 1370 g/mol. The predicted octanol–water partition coefficient (Wildman–Crippen LogP) is -9.52. The molecule has 33 atom stereocenters. The lowest BCUT2D eigenvalue weighted by molar-refractivity contribution is -0.348. The summed E-state index contributed by atoms with van der Waals surface area (Å²) in [4.78, 5) is 26.7. The molecule has 0 bridgehead atoms. The van der Waals surface area contributed by atoms with Gasteiger partial charge in [-0.15, -0.1) is 0 Å². The second-order valence-corrected chi connectivity index (χ2v) is 27.1. The fourth-order valence-corrected chi connectivity index (χ4v) is 14.8. The highest BCUT2D eigenvalue weighted by atomic mass is 16.8. The first-order valence-corrected chi connectivity index (χ1v) is 32.7. The van der Waals surface area contributed by atoms with Crippen LogP contribution >= 0.6 is 0 Å². The van der Waals surface area contributed by atoms with Crippen LogP contribution in [0.1, 0.15) is 90.4 Å². The molecule has 4 aliphatic carbocycles. The second-order valence-electron chi connectivity index (χ2n) is 27.1. The highest BCUT2D eigenvalue weighted by Crippen LogP contribution is 2.45. The van der Waals surface area contributed by atoms with E-state index in [1.807, 2.05) is 0 Å². The van der Waals surface area contributed by atoms with Gasteiger partial charge in [-0.1, -0.05) is 0 Å². The van der Waals surface area contributed by atoms with Crippen LogP contribution in [0.25, 0.3) is 0 Å². The minimum Gasteiger partial charge on any atom is -0.463 e. The molecule has 6 aliphatic heterocycles. The van der Waals surface area contributed by atoms with Crippen molar-refractivity contribution in [3.05, 3.63) is 0 Å². The molecule has 0 aromatic heterocycles. The SMILES string of the molecule is C[C@@H]1O[C@@H](OC[C@H]2O[C@@H](OC3CC4C(O)CC(O[C@@H]5O[C@H](COC(=O)C6CCC(O[C@@H]7O[C@H](COC(=O)C8CCC(O[C@@H]9O[C@H](CO)[C@@H](O)[C@H](O)[C@H]9O)CC8)[C@@H](O)[C@H](O)[C@H]7O)CC6)[C@@H](O)[C@H](O)[C@H]5O)CC4OC3C3CC(O)C(O)C(O)C3)[C@H](O)[C@@H](O)[C@@H]2O)[C@H](O)[C@H](O)[C@H]1O. The van der Waals surface area contributed by atoms with E-state index in [-0.39, 0.29) is 70.6 Å².